The number of aromatic nitrogens is 6. The number of benzene rings is 3. The molecule has 0 spiro atoms. The van der Waals surface area contributed by atoms with Crippen LogP contribution >= 0.6 is 0 Å². The Kier molecular flexibility index (Phi) is 12.1. The maximum absolute atomic E-state index is 15.4. The van der Waals surface area contributed by atoms with Gasteiger partial charge in [0, 0.05) is 87.6 Å². The van der Waals surface area contributed by atoms with Gasteiger partial charge >= 0.3 is 5.69 Å². The number of imidazole rings is 1. The first-order valence-electron chi connectivity index (χ1n) is 21.8. The van der Waals surface area contributed by atoms with Crippen molar-refractivity contribution >= 4 is 45.5 Å². The van der Waals surface area contributed by atoms with Crippen molar-refractivity contribution in [2.75, 3.05) is 44.6 Å². The van der Waals surface area contributed by atoms with Crippen molar-refractivity contribution in [2.45, 2.75) is 76.0 Å². The van der Waals surface area contributed by atoms with Crippen LogP contribution in [0.3, 0.4) is 0 Å². The summed E-state index contributed by atoms with van der Waals surface area (Å²) in [6.45, 7) is 3.77. The first-order valence-corrected chi connectivity index (χ1v) is 21.8. The largest absolute Gasteiger partial charge is 0.385 e. The second-order valence-electron chi connectivity index (χ2n) is 16.7. The van der Waals surface area contributed by atoms with Crippen LogP contribution in [-0.2, 0) is 32.6 Å². The minimum Gasteiger partial charge on any atom is -0.385 e. The number of ether oxygens (including phenoxy) is 1. The first kappa shape index (κ1) is 42.0. The highest BCUT2D eigenvalue weighted by Crippen LogP contribution is 2.33. The number of morpholine rings is 1. The number of rotatable bonds is 13. The van der Waals surface area contributed by atoms with Crippen molar-refractivity contribution < 1.29 is 27.9 Å². The van der Waals surface area contributed by atoms with E-state index in [-0.39, 0.29) is 54.5 Å². The Morgan fingerprint density at radius 2 is 1.78 bits per heavy atom. The Hall–Kier alpha value is -6.33. The third kappa shape index (κ3) is 8.84. The Labute approximate surface area is 361 Å². The molecule has 3 aromatic heterocycles. The van der Waals surface area contributed by atoms with Crippen LogP contribution in [0.5, 0.6) is 0 Å². The van der Waals surface area contributed by atoms with Crippen LogP contribution in [-0.4, -0.2) is 96.9 Å². The van der Waals surface area contributed by atoms with Crippen molar-refractivity contribution in [1.82, 2.24) is 44.4 Å². The lowest BCUT2D eigenvalue weighted by Gasteiger charge is -2.32. The van der Waals surface area contributed by atoms with Crippen LogP contribution in [0.15, 0.2) is 71.9 Å². The van der Waals surface area contributed by atoms with E-state index in [9.17, 15) is 19.2 Å². The predicted molar refractivity (Wildman–Crippen MR) is 233 cm³/mol. The van der Waals surface area contributed by atoms with E-state index in [1.165, 1.54) is 21.3 Å². The fourth-order valence-electron chi connectivity index (χ4n) is 9.06. The summed E-state index contributed by atoms with van der Waals surface area (Å²) in [5.41, 5.74) is 5.36. The zero-order chi connectivity index (χ0) is 43.6. The summed E-state index contributed by atoms with van der Waals surface area (Å²) in [6, 6.07) is 13.1. The molecule has 0 bridgehead atoms. The van der Waals surface area contributed by atoms with E-state index >= 15 is 8.78 Å². The highest BCUT2D eigenvalue weighted by molar-refractivity contribution is 6.00. The topological polar surface area (TPSA) is 170 Å². The molecule has 3 N–H and O–H groups in total. The fourth-order valence-corrected chi connectivity index (χ4v) is 9.06. The number of unbranched alkanes of at least 4 members (excludes halogenated alkanes) is 2. The lowest BCUT2D eigenvalue weighted by atomic mass is 9.98. The summed E-state index contributed by atoms with van der Waals surface area (Å²) >= 11 is 0. The summed E-state index contributed by atoms with van der Waals surface area (Å²) in [5.74, 6) is -1.87. The minimum absolute atomic E-state index is 0.00934. The van der Waals surface area contributed by atoms with Crippen molar-refractivity contribution in [3.63, 3.8) is 0 Å². The summed E-state index contributed by atoms with van der Waals surface area (Å²) in [7, 11) is 1.67. The van der Waals surface area contributed by atoms with Gasteiger partial charge in [0.05, 0.1) is 58.9 Å². The van der Waals surface area contributed by atoms with E-state index in [1.54, 1.807) is 31.6 Å². The second kappa shape index (κ2) is 18.2. The quantitative estimate of drug-likeness (QED) is 0.101. The molecule has 9 rings (SSSR count). The number of likely N-dealkylation sites (tertiary alicyclic amines) is 1. The van der Waals surface area contributed by atoms with Gasteiger partial charge < -0.3 is 20.3 Å². The smallest absolute Gasteiger partial charge is 0.329 e. The number of piperidine rings is 2. The number of aryl methyl sites for hydroxylation is 1. The van der Waals surface area contributed by atoms with E-state index in [1.807, 2.05) is 40.0 Å². The number of hydrogen-bond acceptors (Lipinski definition) is 10. The van der Waals surface area contributed by atoms with E-state index in [2.05, 4.69) is 26.0 Å². The standard InChI is InChI=1S/C46H50F2N10O5/c1-55-41-22-30(9-10-39(41)58(46(55)62)40-11-12-42(59)54-45(40)61)50-15-4-2-3-8-43(60)56-17-13-31(14-18-56)57-27-29(24-52-57)38-26-51-37-7-5-6-33(44(37)53-38)28-20-35(47)34(36(48)21-28)23-32-25-49-16-19-63-32/h5-7,9-10,20-22,24,26-27,31-32,40,49-50H,2-4,8,11-19,23,25H2,1H3,(H,54,59,61). The van der Waals surface area contributed by atoms with Gasteiger partial charge in [0.25, 0.3) is 0 Å². The molecule has 3 fully saturated rings. The number of hydrogen-bond donors (Lipinski definition) is 3. The Morgan fingerprint density at radius 1 is 0.952 bits per heavy atom. The molecule has 15 nitrogen and oxygen atoms in total. The van der Waals surface area contributed by atoms with Gasteiger partial charge in [0.1, 0.15) is 17.7 Å². The van der Waals surface area contributed by atoms with Crippen molar-refractivity contribution in [3.05, 3.63) is 94.8 Å². The number of fused-ring (bicyclic) bond motifs is 2. The summed E-state index contributed by atoms with van der Waals surface area (Å²) in [5, 5.41) is 13.6. The molecule has 6 heterocycles. The van der Waals surface area contributed by atoms with Crippen LogP contribution in [0.2, 0.25) is 0 Å². The zero-order valence-electron chi connectivity index (χ0n) is 35.1. The number of imide groups is 1. The molecule has 63 heavy (non-hydrogen) atoms. The predicted octanol–water partition coefficient (Wildman–Crippen LogP) is 5.44. The number of para-hydroxylation sites is 1. The number of amides is 3. The van der Waals surface area contributed by atoms with Crippen LogP contribution in [0.25, 0.3) is 44.5 Å². The number of carbonyl (C=O) groups excluding carboxylic acids is 3. The van der Waals surface area contributed by atoms with Gasteiger partial charge in [-0.05, 0) is 74.1 Å². The first-order chi connectivity index (χ1) is 30.6. The molecule has 3 aliphatic heterocycles. The molecule has 0 saturated carbocycles. The van der Waals surface area contributed by atoms with Gasteiger partial charge in [0.2, 0.25) is 17.7 Å². The summed E-state index contributed by atoms with van der Waals surface area (Å²) in [6.07, 6.45) is 10.3. The van der Waals surface area contributed by atoms with E-state index in [0.717, 1.165) is 49.9 Å². The Bertz CT molecular complexity index is 2730. The van der Waals surface area contributed by atoms with E-state index < -0.39 is 23.6 Å². The fraction of sp³-hybridized carbons (Fsp3) is 0.413. The monoisotopic (exact) mass is 860 g/mol. The molecule has 328 valence electrons. The maximum atomic E-state index is 15.4. The molecule has 3 aliphatic rings. The normalized spacial score (nSPS) is 18.6. The van der Waals surface area contributed by atoms with Crippen molar-refractivity contribution in [1.29, 1.82) is 0 Å². The lowest BCUT2D eigenvalue weighted by molar-refractivity contribution is -0.136. The average Bonchev–Trinajstić information content (AvgIpc) is 3.88. The van der Waals surface area contributed by atoms with Gasteiger partial charge in [0.15, 0.2) is 0 Å². The molecule has 0 radical (unpaired) electrons. The Morgan fingerprint density at radius 3 is 2.56 bits per heavy atom. The molecule has 3 saturated heterocycles. The molecule has 0 aliphatic carbocycles. The molecular weight excluding hydrogens is 811 g/mol. The molecule has 2 atom stereocenters. The molecule has 3 amide bonds. The van der Waals surface area contributed by atoms with Crippen LogP contribution in [0.4, 0.5) is 14.5 Å². The maximum Gasteiger partial charge on any atom is 0.329 e. The Balaban J connectivity index is 0.749. The van der Waals surface area contributed by atoms with Gasteiger partial charge in [-0.15, -0.1) is 0 Å². The minimum atomic E-state index is -0.725. The molecule has 3 aromatic carbocycles. The van der Waals surface area contributed by atoms with Crippen LogP contribution < -0.4 is 21.6 Å². The number of nitrogens with one attached hydrogen (secondary N) is 3. The van der Waals surface area contributed by atoms with Crippen molar-refractivity contribution in [3.8, 4) is 22.4 Å². The lowest BCUT2D eigenvalue weighted by Crippen LogP contribution is -2.44. The summed E-state index contributed by atoms with van der Waals surface area (Å²) in [4.78, 5) is 61.8. The second-order valence-corrected chi connectivity index (χ2v) is 16.7. The third-order valence-corrected chi connectivity index (χ3v) is 12.6. The SMILES string of the molecule is Cn1c(=O)n(C2CCC(=O)NC2=O)c2ccc(NCCCCCC(=O)N3CCC(n4cc(-c5cnc6cccc(-c7cc(F)c(CC8CNCCO8)c(F)c7)c6n5)cn4)CC3)cc21. The third-order valence-electron chi connectivity index (χ3n) is 12.6. The average molecular weight is 861 g/mol. The molecule has 17 heteroatoms. The molecule has 2 unspecified atom stereocenters. The molecular formula is C46H50F2N10O5. The van der Waals surface area contributed by atoms with Crippen LogP contribution in [0.1, 0.15) is 69.0 Å². The zero-order valence-corrected chi connectivity index (χ0v) is 35.1. The van der Waals surface area contributed by atoms with Gasteiger partial charge in [-0.2, -0.15) is 5.10 Å². The summed E-state index contributed by atoms with van der Waals surface area (Å²) < 4.78 is 41.4. The molecule has 6 aromatic rings. The van der Waals surface area contributed by atoms with Gasteiger partial charge in [-0.25, -0.2) is 18.6 Å². The highest BCUT2D eigenvalue weighted by atomic mass is 19.1. The van der Waals surface area contributed by atoms with E-state index in [4.69, 9.17) is 9.72 Å². The van der Waals surface area contributed by atoms with Crippen molar-refractivity contribution in [2.24, 2.45) is 7.05 Å². The van der Waals surface area contributed by atoms with Crippen LogP contribution in [0, 0.1) is 11.6 Å². The van der Waals surface area contributed by atoms with E-state index in [0.29, 0.717) is 78.1 Å². The number of nitrogens with zero attached hydrogens (tertiary/aromatic N) is 7. The number of anilines is 1. The number of halogens is 2. The highest BCUT2D eigenvalue weighted by Gasteiger charge is 2.31. The van der Waals surface area contributed by atoms with Gasteiger partial charge in [-0.1, -0.05) is 18.6 Å². The number of carbonyl (C=O) groups is 3. The van der Waals surface area contributed by atoms with Gasteiger partial charge in [-0.3, -0.25) is 38.5 Å².